The van der Waals surface area contributed by atoms with E-state index in [2.05, 4.69) is 20.8 Å². The highest BCUT2D eigenvalue weighted by Gasteiger charge is 2.14. The Morgan fingerprint density at radius 3 is 2.86 bits per heavy atom. The number of furan rings is 1. The van der Waals surface area contributed by atoms with Crippen molar-refractivity contribution in [2.75, 3.05) is 0 Å². The minimum Gasteiger partial charge on any atom is -0.472 e. The van der Waals surface area contributed by atoms with Crippen molar-refractivity contribution in [3.63, 3.8) is 0 Å². The van der Waals surface area contributed by atoms with Crippen LogP contribution >= 0.6 is 15.9 Å². The van der Waals surface area contributed by atoms with Gasteiger partial charge < -0.3 is 4.42 Å². The molecule has 0 spiro atoms. The lowest BCUT2D eigenvalue weighted by atomic mass is 10.2. The maximum atomic E-state index is 13.3. The SMILES string of the molecule is [C-]#[N+]c1c(F)cc(Br)c2cc(C)oc12. The van der Waals surface area contributed by atoms with Gasteiger partial charge in [0.05, 0.1) is 12.3 Å². The Bertz CT molecular complexity index is 553. The van der Waals surface area contributed by atoms with Crippen LogP contribution in [0.4, 0.5) is 10.1 Å². The molecular weight excluding hydrogens is 249 g/mol. The molecule has 2 nitrogen and oxygen atoms in total. The van der Waals surface area contributed by atoms with Crippen molar-refractivity contribution in [3.8, 4) is 0 Å². The van der Waals surface area contributed by atoms with E-state index < -0.39 is 5.82 Å². The van der Waals surface area contributed by atoms with E-state index in [0.717, 1.165) is 5.39 Å². The molecule has 1 heterocycles. The standard InChI is InChI=1S/C10H5BrFNO/c1-5-3-6-7(11)4-8(12)9(13-2)10(6)14-5/h3-4H,1H3. The second-order valence-electron chi connectivity index (χ2n) is 2.90. The molecule has 70 valence electrons. The van der Waals surface area contributed by atoms with E-state index in [4.69, 9.17) is 11.0 Å². The molecule has 2 aromatic rings. The molecule has 0 aliphatic carbocycles. The number of nitrogens with zero attached hydrogens (tertiary/aromatic N) is 1. The second-order valence-corrected chi connectivity index (χ2v) is 3.75. The van der Waals surface area contributed by atoms with Crippen LogP contribution in [-0.4, -0.2) is 0 Å². The summed E-state index contributed by atoms with van der Waals surface area (Å²) in [4.78, 5) is 3.11. The minimum atomic E-state index is -0.561. The Morgan fingerprint density at radius 2 is 2.21 bits per heavy atom. The molecule has 0 amide bonds. The molecule has 0 bridgehead atoms. The maximum Gasteiger partial charge on any atom is 0.264 e. The lowest BCUT2D eigenvalue weighted by molar-refractivity contribution is 0.574. The number of rotatable bonds is 0. The lowest BCUT2D eigenvalue weighted by Gasteiger charge is -1.97. The third-order valence-electron chi connectivity index (χ3n) is 1.92. The summed E-state index contributed by atoms with van der Waals surface area (Å²) in [6, 6.07) is 3.05. The second kappa shape index (κ2) is 3.10. The van der Waals surface area contributed by atoms with E-state index in [0.29, 0.717) is 15.8 Å². The first kappa shape index (κ1) is 9.22. The number of hydrogen-bond acceptors (Lipinski definition) is 1. The summed E-state index contributed by atoms with van der Waals surface area (Å²) in [5.41, 5.74) is 0.251. The van der Waals surface area contributed by atoms with Gasteiger partial charge in [-0.15, -0.1) is 0 Å². The molecule has 0 fully saturated rings. The Kier molecular flexibility index (Phi) is 2.05. The molecule has 2 rings (SSSR count). The molecule has 1 aromatic carbocycles. The van der Waals surface area contributed by atoms with Crippen molar-refractivity contribution in [1.29, 1.82) is 0 Å². The number of hydrogen-bond donors (Lipinski definition) is 0. The van der Waals surface area contributed by atoms with Crippen molar-refractivity contribution in [1.82, 2.24) is 0 Å². The predicted octanol–water partition coefficient (Wildman–Crippen LogP) is 4.19. The van der Waals surface area contributed by atoms with Gasteiger partial charge in [0, 0.05) is 9.86 Å². The molecule has 1 aromatic heterocycles. The fraction of sp³-hybridized carbons (Fsp3) is 0.100. The van der Waals surface area contributed by atoms with Crippen LogP contribution in [0.5, 0.6) is 0 Å². The molecule has 0 radical (unpaired) electrons. The molecular formula is C10H5BrFNO. The van der Waals surface area contributed by atoms with Crippen molar-refractivity contribution >= 4 is 32.6 Å². The van der Waals surface area contributed by atoms with Crippen molar-refractivity contribution in [2.24, 2.45) is 0 Å². The van der Waals surface area contributed by atoms with Crippen LogP contribution in [0, 0.1) is 19.3 Å². The number of fused-ring (bicyclic) bond motifs is 1. The van der Waals surface area contributed by atoms with Gasteiger partial charge in [-0.3, -0.25) is 0 Å². The summed E-state index contributed by atoms with van der Waals surface area (Å²) < 4.78 is 19.2. The third-order valence-corrected chi connectivity index (χ3v) is 2.58. The summed E-state index contributed by atoms with van der Waals surface area (Å²) in [5, 5.41) is 0.731. The lowest BCUT2D eigenvalue weighted by Crippen LogP contribution is -1.76. The maximum absolute atomic E-state index is 13.3. The molecule has 0 atom stereocenters. The van der Waals surface area contributed by atoms with Crippen molar-refractivity contribution in [3.05, 3.63) is 39.6 Å². The van der Waals surface area contributed by atoms with Gasteiger partial charge >= 0.3 is 0 Å². The van der Waals surface area contributed by atoms with E-state index in [9.17, 15) is 4.39 Å². The number of benzene rings is 1. The van der Waals surface area contributed by atoms with E-state index >= 15 is 0 Å². The highest BCUT2D eigenvalue weighted by molar-refractivity contribution is 9.10. The largest absolute Gasteiger partial charge is 0.472 e. The van der Waals surface area contributed by atoms with E-state index in [-0.39, 0.29) is 5.69 Å². The van der Waals surface area contributed by atoms with Gasteiger partial charge in [-0.05, 0) is 19.1 Å². The molecule has 0 aliphatic heterocycles. The first-order chi connectivity index (χ1) is 6.63. The summed E-state index contributed by atoms with van der Waals surface area (Å²) >= 11 is 3.22. The average molecular weight is 254 g/mol. The quantitative estimate of drug-likeness (QED) is 0.644. The van der Waals surface area contributed by atoms with Crippen molar-refractivity contribution in [2.45, 2.75) is 6.92 Å². The van der Waals surface area contributed by atoms with Gasteiger partial charge in [0.2, 0.25) is 0 Å². The van der Waals surface area contributed by atoms with Crippen molar-refractivity contribution < 1.29 is 8.81 Å². The van der Waals surface area contributed by atoms with E-state index in [1.165, 1.54) is 6.07 Å². The van der Waals surface area contributed by atoms with Gasteiger partial charge in [0.25, 0.3) is 5.69 Å². The Balaban J connectivity index is 2.99. The van der Waals surface area contributed by atoms with Crippen LogP contribution in [0.15, 0.2) is 21.0 Å². The van der Waals surface area contributed by atoms with Gasteiger partial charge in [0.1, 0.15) is 11.4 Å². The zero-order valence-electron chi connectivity index (χ0n) is 7.27. The number of aryl methyl sites for hydroxylation is 1. The molecule has 4 heteroatoms. The smallest absolute Gasteiger partial charge is 0.264 e. The number of halogens is 2. The monoisotopic (exact) mass is 253 g/mol. The molecule has 0 N–H and O–H groups in total. The summed E-state index contributed by atoms with van der Waals surface area (Å²) in [5.74, 6) is 0.102. The fourth-order valence-corrected chi connectivity index (χ4v) is 1.83. The Morgan fingerprint density at radius 1 is 1.50 bits per heavy atom. The zero-order valence-corrected chi connectivity index (χ0v) is 8.85. The van der Waals surface area contributed by atoms with Crippen LogP contribution in [0.1, 0.15) is 5.76 Å². The van der Waals surface area contributed by atoms with Crippen LogP contribution in [0.3, 0.4) is 0 Å². The van der Waals surface area contributed by atoms with E-state index in [1.807, 2.05) is 0 Å². The van der Waals surface area contributed by atoms with Crippen LogP contribution in [0.25, 0.3) is 15.8 Å². The van der Waals surface area contributed by atoms with Crippen LogP contribution < -0.4 is 0 Å². The molecule has 0 saturated heterocycles. The van der Waals surface area contributed by atoms with Gasteiger partial charge in [0.15, 0.2) is 0 Å². The molecule has 0 saturated carbocycles. The average Bonchev–Trinajstić information content (AvgIpc) is 2.48. The van der Waals surface area contributed by atoms with Crippen LogP contribution in [-0.2, 0) is 0 Å². The summed E-state index contributed by atoms with van der Waals surface area (Å²) in [6.07, 6.45) is 0. The van der Waals surface area contributed by atoms with Gasteiger partial charge in [-0.25, -0.2) is 9.24 Å². The predicted molar refractivity (Wildman–Crippen MR) is 54.9 cm³/mol. The summed E-state index contributed by atoms with van der Waals surface area (Å²) in [7, 11) is 0. The molecule has 0 aliphatic rings. The van der Waals surface area contributed by atoms with Crippen LogP contribution in [0.2, 0.25) is 0 Å². The Hall–Kier alpha value is -1.34. The first-order valence-corrected chi connectivity index (χ1v) is 4.68. The van der Waals surface area contributed by atoms with Gasteiger partial charge in [-0.2, -0.15) is 0 Å². The van der Waals surface area contributed by atoms with E-state index in [1.54, 1.807) is 13.0 Å². The highest BCUT2D eigenvalue weighted by atomic mass is 79.9. The third kappa shape index (κ3) is 1.21. The minimum absolute atomic E-state index is 0.0590. The normalized spacial score (nSPS) is 10.4. The Labute approximate surface area is 88.3 Å². The zero-order chi connectivity index (χ0) is 10.3. The fourth-order valence-electron chi connectivity index (χ4n) is 1.34. The molecule has 14 heavy (non-hydrogen) atoms. The first-order valence-electron chi connectivity index (χ1n) is 3.89. The molecule has 0 unspecified atom stereocenters. The topological polar surface area (TPSA) is 17.5 Å². The summed E-state index contributed by atoms with van der Waals surface area (Å²) in [6.45, 7) is 8.62. The highest BCUT2D eigenvalue weighted by Crippen LogP contribution is 2.36. The van der Waals surface area contributed by atoms with Gasteiger partial charge in [-0.1, -0.05) is 15.9 Å².